The first-order valence-electron chi connectivity index (χ1n) is 7.63. The Morgan fingerprint density at radius 2 is 1.26 bits per heavy atom. The lowest BCUT2D eigenvalue weighted by Crippen LogP contribution is -2.59. The maximum Gasteiger partial charge on any atom is 0.265 e. The molecule has 0 N–H and O–H groups in total. The number of ether oxygens (including phenoxy) is 2. The Hall–Kier alpha value is -2.82. The van der Waals surface area contributed by atoms with Gasteiger partial charge in [0.2, 0.25) is 11.8 Å². The van der Waals surface area contributed by atoms with Gasteiger partial charge in [-0.15, -0.1) is 0 Å². The minimum Gasteiger partial charge on any atom is -0.440 e. The van der Waals surface area contributed by atoms with E-state index in [1.807, 2.05) is 24.3 Å². The summed E-state index contributed by atoms with van der Waals surface area (Å²) < 4.78 is 12.1. The molecule has 110 valence electrons. The Kier molecular flexibility index (Phi) is 2.40. The Labute approximate surface area is 134 Å². The summed E-state index contributed by atoms with van der Waals surface area (Å²) in [5.41, 5.74) is 5.68. The Balaban J connectivity index is 1.91. The van der Waals surface area contributed by atoms with Gasteiger partial charge in [0.25, 0.3) is 6.71 Å². The highest BCUT2D eigenvalue weighted by atomic mass is 16.5. The monoisotopic (exact) mass is 300 g/mol. The van der Waals surface area contributed by atoms with Crippen LogP contribution in [-0.4, -0.2) is 16.7 Å². The average molecular weight is 300 g/mol. The minimum atomic E-state index is 0.0519. The molecule has 0 atom stereocenters. The van der Waals surface area contributed by atoms with Gasteiger partial charge in [-0.25, -0.2) is 9.97 Å². The number of hydrogen-bond donors (Lipinski definition) is 0. The zero-order chi connectivity index (χ0) is 15.6. The van der Waals surface area contributed by atoms with E-state index in [1.54, 1.807) is 0 Å². The molecular weight excluding hydrogens is 287 g/mol. The molecule has 5 rings (SSSR count). The summed E-state index contributed by atoms with van der Waals surface area (Å²) in [4.78, 5) is 8.66. The molecule has 0 bridgehead atoms. The number of nitrogens with zero attached hydrogens (tertiary/aromatic N) is 2. The SMILES string of the molecule is Cc1cccc2c1B1c3c(C)cccc3Oc3ncnc(c31)O2. The topological polar surface area (TPSA) is 44.2 Å². The molecule has 3 heterocycles. The minimum absolute atomic E-state index is 0.0519. The summed E-state index contributed by atoms with van der Waals surface area (Å²) in [6, 6.07) is 12.3. The molecule has 0 amide bonds. The molecule has 3 aromatic rings. The quantitative estimate of drug-likeness (QED) is 0.409. The van der Waals surface area contributed by atoms with Crippen molar-refractivity contribution in [1.29, 1.82) is 0 Å². The fourth-order valence-electron chi connectivity index (χ4n) is 3.64. The predicted molar refractivity (Wildman–Crippen MR) is 89.2 cm³/mol. The second kappa shape index (κ2) is 4.35. The molecule has 5 heteroatoms. The first kappa shape index (κ1) is 12.7. The maximum absolute atomic E-state index is 6.03. The lowest BCUT2D eigenvalue weighted by Gasteiger charge is -2.32. The number of hydrogen-bond acceptors (Lipinski definition) is 4. The van der Waals surface area contributed by atoms with Gasteiger partial charge in [0.1, 0.15) is 17.8 Å². The van der Waals surface area contributed by atoms with Crippen LogP contribution in [0, 0.1) is 13.8 Å². The van der Waals surface area contributed by atoms with E-state index in [9.17, 15) is 0 Å². The van der Waals surface area contributed by atoms with Crippen LogP contribution >= 0.6 is 0 Å². The van der Waals surface area contributed by atoms with E-state index >= 15 is 0 Å². The largest absolute Gasteiger partial charge is 0.440 e. The van der Waals surface area contributed by atoms with Crippen molar-refractivity contribution in [2.45, 2.75) is 13.8 Å². The number of aromatic nitrogens is 2. The van der Waals surface area contributed by atoms with E-state index in [4.69, 9.17) is 9.47 Å². The van der Waals surface area contributed by atoms with Crippen LogP contribution in [0.1, 0.15) is 11.1 Å². The van der Waals surface area contributed by atoms with Crippen LogP contribution in [-0.2, 0) is 0 Å². The van der Waals surface area contributed by atoms with E-state index in [0.717, 1.165) is 17.0 Å². The molecule has 0 saturated carbocycles. The fourth-order valence-corrected chi connectivity index (χ4v) is 3.64. The number of rotatable bonds is 0. The van der Waals surface area contributed by atoms with Gasteiger partial charge in [0.15, 0.2) is 0 Å². The van der Waals surface area contributed by atoms with E-state index in [1.165, 1.54) is 28.4 Å². The highest BCUT2D eigenvalue weighted by Gasteiger charge is 2.42. The molecule has 2 aliphatic rings. The van der Waals surface area contributed by atoms with Gasteiger partial charge in [-0.3, -0.25) is 0 Å². The van der Waals surface area contributed by atoms with Gasteiger partial charge < -0.3 is 9.47 Å². The Morgan fingerprint density at radius 1 is 0.739 bits per heavy atom. The molecule has 0 unspecified atom stereocenters. The molecule has 0 saturated heterocycles. The van der Waals surface area contributed by atoms with Crippen molar-refractivity contribution in [2.75, 3.05) is 0 Å². The number of aryl methyl sites for hydroxylation is 2. The molecule has 1 aromatic heterocycles. The summed E-state index contributed by atoms with van der Waals surface area (Å²) in [5, 5.41) is 0. The third-order valence-electron chi connectivity index (χ3n) is 4.66. The maximum atomic E-state index is 6.03. The third-order valence-corrected chi connectivity index (χ3v) is 4.66. The van der Waals surface area contributed by atoms with Gasteiger partial charge in [-0.1, -0.05) is 35.4 Å². The fraction of sp³-hybridized carbons (Fsp3) is 0.111. The van der Waals surface area contributed by atoms with Crippen molar-refractivity contribution in [3.63, 3.8) is 0 Å². The average Bonchev–Trinajstić information content (AvgIpc) is 2.55. The van der Waals surface area contributed by atoms with E-state index in [2.05, 4.69) is 35.9 Å². The summed E-state index contributed by atoms with van der Waals surface area (Å²) in [6.07, 6.45) is 1.49. The molecule has 2 aromatic carbocycles. The van der Waals surface area contributed by atoms with Gasteiger partial charge in [0, 0.05) is 0 Å². The number of benzene rings is 2. The van der Waals surface area contributed by atoms with Crippen LogP contribution in [0.2, 0.25) is 0 Å². The van der Waals surface area contributed by atoms with Crippen molar-refractivity contribution in [2.24, 2.45) is 0 Å². The molecular formula is C18H13BN2O2. The normalized spacial score (nSPS) is 13.4. The Bertz CT molecular complexity index is 865. The third kappa shape index (κ3) is 1.62. The standard InChI is InChI=1S/C18H13BN2O2/c1-10-5-3-7-12-14(10)19-15-11(2)6-4-8-13(15)23-18-16(19)17(22-12)20-9-21-18/h3-9H,1-2H3. The molecule has 0 radical (unpaired) electrons. The first-order chi connectivity index (χ1) is 11.2. The van der Waals surface area contributed by atoms with E-state index in [-0.39, 0.29) is 6.71 Å². The zero-order valence-electron chi connectivity index (χ0n) is 12.8. The molecule has 0 spiro atoms. The van der Waals surface area contributed by atoms with Gasteiger partial charge in [-0.05, 0) is 36.9 Å². The van der Waals surface area contributed by atoms with Crippen molar-refractivity contribution in [1.82, 2.24) is 9.97 Å². The van der Waals surface area contributed by atoms with Crippen LogP contribution < -0.4 is 25.9 Å². The van der Waals surface area contributed by atoms with Crippen LogP contribution in [0.3, 0.4) is 0 Å². The predicted octanol–water partition coefficient (Wildman–Crippen LogP) is 1.82. The van der Waals surface area contributed by atoms with Gasteiger partial charge in [0.05, 0.1) is 5.46 Å². The second-order valence-electron chi connectivity index (χ2n) is 6.01. The molecule has 4 nitrogen and oxygen atoms in total. The lowest BCUT2D eigenvalue weighted by molar-refractivity contribution is 0.438. The van der Waals surface area contributed by atoms with Crippen LogP contribution in [0.25, 0.3) is 0 Å². The van der Waals surface area contributed by atoms with Crippen LogP contribution in [0.5, 0.6) is 23.3 Å². The second-order valence-corrected chi connectivity index (χ2v) is 6.01. The lowest BCUT2D eigenvalue weighted by atomic mass is 9.34. The smallest absolute Gasteiger partial charge is 0.265 e. The van der Waals surface area contributed by atoms with Crippen molar-refractivity contribution < 1.29 is 9.47 Å². The van der Waals surface area contributed by atoms with Gasteiger partial charge >= 0.3 is 0 Å². The van der Waals surface area contributed by atoms with Crippen LogP contribution in [0.15, 0.2) is 42.7 Å². The van der Waals surface area contributed by atoms with E-state index in [0.29, 0.717) is 11.8 Å². The number of fused-ring (bicyclic) bond motifs is 4. The van der Waals surface area contributed by atoms with Crippen molar-refractivity contribution in [3.8, 4) is 23.3 Å². The molecule has 23 heavy (non-hydrogen) atoms. The molecule has 2 aliphatic heterocycles. The summed E-state index contributed by atoms with van der Waals surface area (Å²) in [5.74, 6) is 2.91. The Morgan fingerprint density at radius 3 is 1.78 bits per heavy atom. The molecule has 0 fully saturated rings. The van der Waals surface area contributed by atoms with Crippen LogP contribution in [0.4, 0.5) is 0 Å². The van der Waals surface area contributed by atoms with Gasteiger partial charge in [-0.2, -0.15) is 0 Å². The highest BCUT2D eigenvalue weighted by molar-refractivity contribution is 6.98. The molecule has 0 aliphatic carbocycles. The van der Waals surface area contributed by atoms with Crippen molar-refractivity contribution in [3.05, 3.63) is 53.9 Å². The zero-order valence-corrected chi connectivity index (χ0v) is 12.8. The van der Waals surface area contributed by atoms with Crippen molar-refractivity contribution >= 4 is 23.1 Å². The highest BCUT2D eigenvalue weighted by Crippen LogP contribution is 2.32. The summed E-state index contributed by atoms with van der Waals surface area (Å²) in [7, 11) is 0. The summed E-state index contributed by atoms with van der Waals surface area (Å²) in [6.45, 7) is 4.28. The van der Waals surface area contributed by atoms with E-state index < -0.39 is 0 Å². The first-order valence-corrected chi connectivity index (χ1v) is 7.63. The summed E-state index contributed by atoms with van der Waals surface area (Å²) >= 11 is 0.